The van der Waals surface area contributed by atoms with Gasteiger partial charge in [0.15, 0.2) is 0 Å². The van der Waals surface area contributed by atoms with Crippen LogP contribution < -0.4 is 4.74 Å². The predicted octanol–water partition coefficient (Wildman–Crippen LogP) is 3.91. The van der Waals surface area contributed by atoms with Crippen LogP contribution in [0.1, 0.15) is 44.7 Å². The van der Waals surface area contributed by atoms with Crippen molar-refractivity contribution in [3.63, 3.8) is 0 Å². The highest BCUT2D eigenvalue weighted by Crippen LogP contribution is 2.24. The Bertz CT molecular complexity index is 300. The summed E-state index contributed by atoms with van der Waals surface area (Å²) in [5.41, 5.74) is 2.72. The van der Waals surface area contributed by atoms with Crippen molar-refractivity contribution in [3.8, 4) is 5.75 Å². The molecule has 0 saturated heterocycles. The van der Waals surface area contributed by atoms with E-state index in [-0.39, 0.29) is 6.10 Å². The molecule has 1 aromatic carbocycles. The summed E-state index contributed by atoms with van der Waals surface area (Å²) in [6.07, 6.45) is 0.248. The lowest BCUT2D eigenvalue weighted by molar-refractivity contribution is 0.242. The normalized spacial score (nSPS) is 11.1. The zero-order chi connectivity index (χ0) is 10.7. The van der Waals surface area contributed by atoms with E-state index in [4.69, 9.17) is 4.74 Å². The van der Waals surface area contributed by atoms with E-state index in [0.29, 0.717) is 5.92 Å². The van der Waals surface area contributed by atoms with Gasteiger partial charge in [-0.1, -0.05) is 19.9 Å². The van der Waals surface area contributed by atoms with Crippen LogP contribution >= 0.6 is 0 Å². The van der Waals surface area contributed by atoms with E-state index in [1.165, 1.54) is 11.1 Å². The van der Waals surface area contributed by atoms with Crippen molar-refractivity contribution in [1.82, 2.24) is 0 Å². The van der Waals surface area contributed by atoms with Crippen LogP contribution in [0.2, 0.25) is 0 Å². The van der Waals surface area contributed by atoms with Gasteiger partial charge in [0.05, 0.1) is 6.10 Å². The van der Waals surface area contributed by atoms with Crippen LogP contribution in [-0.4, -0.2) is 6.10 Å². The van der Waals surface area contributed by atoms with Crippen LogP contribution in [0.5, 0.6) is 5.75 Å². The highest BCUT2D eigenvalue weighted by molar-refractivity contribution is 5.36. The molecule has 0 atom stereocenters. The Balaban J connectivity index is 2.94. The standard InChI is InChI=1S/C13H20O/c1-9(2)13-8-12(14-10(3)4)7-6-11(13)5/h6-10H,1-5H3. The van der Waals surface area contributed by atoms with Crippen molar-refractivity contribution in [1.29, 1.82) is 0 Å². The van der Waals surface area contributed by atoms with Crippen LogP contribution in [0.4, 0.5) is 0 Å². The van der Waals surface area contributed by atoms with Crippen LogP contribution in [0.3, 0.4) is 0 Å². The fourth-order valence-electron chi connectivity index (χ4n) is 1.59. The maximum atomic E-state index is 5.66. The number of ether oxygens (including phenoxy) is 1. The zero-order valence-corrected chi connectivity index (χ0v) is 9.79. The SMILES string of the molecule is Cc1ccc(OC(C)C)cc1C(C)C. The fourth-order valence-corrected chi connectivity index (χ4v) is 1.59. The summed E-state index contributed by atoms with van der Waals surface area (Å²) in [5, 5.41) is 0. The molecule has 0 unspecified atom stereocenters. The topological polar surface area (TPSA) is 9.23 Å². The maximum absolute atomic E-state index is 5.66. The average molecular weight is 192 g/mol. The molecular formula is C13H20O. The van der Waals surface area contributed by atoms with Gasteiger partial charge in [-0.2, -0.15) is 0 Å². The van der Waals surface area contributed by atoms with E-state index < -0.39 is 0 Å². The van der Waals surface area contributed by atoms with Gasteiger partial charge in [-0.15, -0.1) is 0 Å². The van der Waals surface area contributed by atoms with Crippen molar-refractivity contribution in [2.45, 2.75) is 46.6 Å². The number of hydrogen-bond acceptors (Lipinski definition) is 1. The van der Waals surface area contributed by atoms with Gasteiger partial charge < -0.3 is 4.74 Å². The van der Waals surface area contributed by atoms with E-state index in [1.54, 1.807) is 0 Å². The molecule has 0 aliphatic heterocycles. The summed E-state index contributed by atoms with van der Waals surface area (Å²) < 4.78 is 5.66. The van der Waals surface area contributed by atoms with Crippen LogP contribution in [0, 0.1) is 6.92 Å². The van der Waals surface area contributed by atoms with Gasteiger partial charge in [-0.25, -0.2) is 0 Å². The minimum Gasteiger partial charge on any atom is -0.491 e. The Labute approximate surface area is 87.1 Å². The molecule has 0 aliphatic carbocycles. The summed E-state index contributed by atoms with van der Waals surface area (Å²) in [7, 11) is 0. The first-order valence-electron chi connectivity index (χ1n) is 5.28. The fraction of sp³-hybridized carbons (Fsp3) is 0.538. The molecule has 1 aromatic rings. The predicted molar refractivity (Wildman–Crippen MR) is 61.0 cm³/mol. The molecule has 0 N–H and O–H groups in total. The van der Waals surface area contributed by atoms with Gasteiger partial charge in [0, 0.05) is 0 Å². The lowest BCUT2D eigenvalue weighted by Crippen LogP contribution is -2.06. The lowest BCUT2D eigenvalue weighted by atomic mass is 9.98. The molecule has 1 heteroatoms. The first-order valence-corrected chi connectivity index (χ1v) is 5.28. The third-order valence-corrected chi connectivity index (χ3v) is 2.24. The molecule has 0 amide bonds. The van der Waals surface area contributed by atoms with Crippen LogP contribution in [0.25, 0.3) is 0 Å². The summed E-state index contributed by atoms with van der Waals surface area (Å²) in [6, 6.07) is 6.33. The van der Waals surface area contributed by atoms with E-state index in [1.807, 2.05) is 6.07 Å². The number of hydrogen-bond donors (Lipinski definition) is 0. The molecule has 1 nitrogen and oxygen atoms in total. The lowest BCUT2D eigenvalue weighted by Gasteiger charge is -2.14. The van der Waals surface area contributed by atoms with Gasteiger partial charge in [-0.05, 0) is 49.9 Å². The van der Waals surface area contributed by atoms with E-state index in [9.17, 15) is 0 Å². The van der Waals surface area contributed by atoms with Crippen molar-refractivity contribution in [2.75, 3.05) is 0 Å². The molecule has 0 bridgehead atoms. The van der Waals surface area contributed by atoms with Crippen LogP contribution in [0.15, 0.2) is 18.2 Å². The van der Waals surface area contributed by atoms with Crippen molar-refractivity contribution >= 4 is 0 Å². The molecule has 0 fully saturated rings. The van der Waals surface area contributed by atoms with Crippen molar-refractivity contribution in [3.05, 3.63) is 29.3 Å². The molecule has 14 heavy (non-hydrogen) atoms. The largest absolute Gasteiger partial charge is 0.491 e. The molecule has 78 valence electrons. The van der Waals surface area contributed by atoms with Crippen molar-refractivity contribution in [2.24, 2.45) is 0 Å². The third-order valence-electron chi connectivity index (χ3n) is 2.24. The maximum Gasteiger partial charge on any atom is 0.119 e. The van der Waals surface area contributed by atoms with Gasteiger partial charge in [-0.3, -0.25) is 0 Å². The average Bonchev–Trinajstić information content (AvgIpc) is 2.07. The second kappa shape index (κ2) is 4.50. The highest BCUT2D eigenvalue weighted by Gasteiger charge is 2.05. The number of aryl methyl sites for hydroxylation is 1. The van der Waals surface area contributed by atoms with E-state index >= 15 is 0 Å². The first-order chi connectivity index (χ1) is 6.50. The molecule has 0 radical (unpaired) electrons. The minimum atomic E-state index is 0.248. The Morgan fingerprint density at radius 1 is 1.07 bits per heavy atom. The third kappa shape index (κ3) is 2.76. The highest BCUT2D eigenvalue weighted by atomic mass is 16.5. The quantitative estimate of drug-likeness (QED) is 0.705. The number of benzene rings is 1. The van der Waals surface area contributed by atoms with Gasteiger partial charge in [0.25, 0.3) is 0 Å². The molecular weight excluding hydrogens is 172 g/mol. The summed E-state index contributed by atoms with van der Waals surface area (Å²) in [5.74, 6) is 1.54. The summed E-state index contributed by atoms with van der Waals surface area (Å²) >= 11 is 0. The second-order valence-electron chi connectivity index (χ2n) is 4.34. The molecule has 0 saturated carbocycles. The number of rotatable bonds is 3. The molecule has 0 spiro atoms. The smallest absolute Gasteiger partial charge is 0.119 e. The first kappa shape index (κ1) is 11.1. The van der Waals surface area contributed by atoms with Crippen LogP contribution in [-0.2, 0) is 0 Å². The van der Waals surface area contributed by atoms with Gasteiger partial charge in [0.1, 0.15) is 5.75 Å². The van der Waals surface area contributed by atoms with Crippen molar-refractivity contribution < 1.29 is 4.74 Å². The summed E-state index contributed by atoms with van der Waals surface area (Å²) in [6.45, 7) is 10.7. The molecule has 1 rings (SSSR count). The van der Waals surface area contributed by atoms with E-state index in [2.05, 4.69) is 46.8 Å². The molecule has 0 aromatic heterocycles. The van der Waals surface area contributed by atoms with E-state index in [0.717, 1.165) is 5.75 Å². The Morgan fingerprint density at radius 3 is 2.21 bits per heavy atom. The monoisotopic (exact) mass is 192 g/mol. The molecule has 0 aliphatic rings. The second-order valence-corrected chi connectivity index (χ2v) is 4.34. The molecule has 0 heterocycles. The summed E-state index contributed by atoms with van der Waals surface area (Å²) in [4.78, 5) is 0. The minimum absolute atomic E-state index is 0.248. The zero-order valence-electron chi connectivity index (χ0n) is 9.79. The van der Waals surface area contributed by atoms with Gasteiger partial charge >= 0.3 is 0 Å². The van der Waals surface area contributed by atoms with Gasteiger partial charge in [0.2, 0.25) is 0 Å². The Morgan fingerprint density at radius 2 is 1.71 bits per heavy atom. The Hall–Kier alpha value is -0.980. The Kier molecular flexibility index (Phi) is 3.56.